The molecular weight excluding hydrogens is 508 g/mol. The van der Waals surface area contributed by atoms with E-state index in [1.54, 1.807) is 13.4 Å². The second kappa shape index (κ2) is 13.8. The van der Waals surface area contributed by atoms with Gasteiger partial charge in [-0.2, -0.15) is 0 Å². The molecular formula is C29H44N8O3. The number of carbonyl (C=O) groups excluding carboxylic acids is 1. The minimum Gasteiger partial charge on any atom is -0.458 e. The Balaban J connectivity index is 1.37. The first-order valence-corrected chi connectivity index (χ1v) is 14.3. The first-order valence-electron chi connectivity index (χ1n) is 14.3. The summed E-state index contributed by atoms with van der Waals surface area (Å²) in [4.78, 5) is 36.2. The predicted molar refractivity (Wildman–Crippen MR) is 156 cm³/mol. The molecule has 0 unspecified atom stereocenters. The van der Waals surface area contributed by atoms with Crippen LogP contribution in [0.15, 0.2) is 24.8 Å². The number of nitrogens with one attached hydrogen (secondary N) is 3. The fourth-order valence-electron chi connectivity index (χ4n) is 4.86. The van der Waals surface area contributed by atoms with Gasteiger partial charge >= 0.3 is 5.97 Å². The van der Waals surface area contributed by atoms with Crippen LogP contribution in [0.3, 0.4) is 0 Å². The lowest BCUT2D eigenvalue weighted by Gasteiger charge is -2.29. The van der Waals surface area contributed by atoms with Crippen molar-refractivity contribution in [2.75, 3.05) is 43.9 Å². The zero-order valence-corrected chi connectivity index (χ0v) is 24.5. The number of hydrogen-bond donors (Lipinski definition) is 3. The molecule has 4 rings (SSSR count). The van der Waals surface area contributed by atoms with E-state index in [4.69, 9.17) is 14.5 Å². The van der Waals surface area contributed by atoms with Gasteiger partial charge in [-0.15, -0.1) is 0 Å². The molecule has 1 aliphatic rings. The van der Waals surface area contributed by atoms with Crippen molar-refractivity contribution in [1.82, 2.24) is 29.8 Å². The molecule has 3 N–H and O–H groups in total. The molecule has 3 aromatic rings. The first-order chi connectivity index (χ1) is 19.2. The number of anilines is 2. The maximum atomic E-state index is 13.2. The average Bonchev–Trinajstić information content (AvgIpc) is 3.41. The Morgan fingerprint density at radius 3 is 2.83 bits per heavy atom. The molecule has 0 amide bonds. The highest BCUT2D eigenvalue weighted by molar-refractivity contribution is 5.86. The number of nitrogens with zero attached hydrogens (tertiary/aromatic N) is 5. The lowest BCUT2D eigenvalue weighted by molar-refractivity contribution is -0.156. The molecule has 2 atom stereocenters. The van der Waals surface area contributed by atoms with E-state index in [-0.39, 0.29) is 12.1 Å². The topological polar surface area (TPSA) is 130 Å². The predicted octanol–water partition coefficient (Wildman–Crippen LogP) is 3.98. The largest absolute Gasteiger partial charge is 0.458 e. The minimum atomic E-state index is -0.601. The molecule has 1 aliphatic heterocycles. The summed E-state index contributed by atoms with van der Waals surface area (Å²) in [5.74, 6) is 1.27. The van der Waals surface area contributed by atoms with Crippen LogP contribution in [0.2, 0.25) is 0 Å². The summed E-state index contributed by atoms with van der Waals surface area (Å²) in [5.41, 5.74) is 3.05. The van der Waals surface area contributed by atoms with Gasteiger partial charge in [0, 0.05) is 32.4 Å². The number of ether oxygens (including phenoxy) is 2. The lowest BCUT2D eigenvalue weighted by atomic mass is 10.1. The van der Waals surface area contributed by atoms with Crippen molar-refractivity contribution in [2.24, 2.45) is 0 Å². The fraction of sp³-hybridized carbons (Fsp3) is 0.621. The van der Waals surface area contributed by atoms with Crippen LogP contribution < -0.4 is 10.6 Å². The maximum absolute atomic E-state index is 13.2. The minimum absolute atomic E-state index is 0.0767. The highest BCUT2D eigenvalue weighted by atomic mass is 16.6. The van der Waals surface area contributed by atoms with Crippen LogP contribution in [0.25, 0.3) is 11.2 Å². The Kier molecular flexibility index (Phi) is 10.3. The van der Waals surface area contributed by atoms with Gasteiger partial charge in [0.05, 0.1) is 12.4 Å². The van der Waals surface area contributed by atoms with Crippen LogP contribution in [0.1, 0.15) is 64.6 Å². The standard InChI is InChI=1S/C29H44N8O3/c1-20(39-5)17-37(15-7-6-10-22-12-11-21-9-8-14-30-25(21)35-22)16-13-23(28(38)40-29(2,3)4)36-27-24-26(32-18-31-24)33-19-34-27/h11-12,18-20,23H,6-10,13-17H2,1-5H3,(H,30,35)(H2,31,32,33,34,36)/t20-,23+/m1/s1. The molecule has 218 valence electrons. The molecule has 3 aromatic heterocycles. The fourth-order valence-corrected chi connectivity index (χ4v) is 4.86. The normalized spacial score (nSPS) is 14.9. The van der Waals surface area contributed by atoms with E-state index in [1.807, 2.05) is 20.8 Å². The molecule has 0 spiro atoms. The van der Waals surface area contributed by atoms with Gasteiger partial charge in [0.1, 0.15) is 29.3 Å². The Morgan fingerprint density at radius 2 is 2.02 bits per heavy atom. The zero-order valence-electron chi connectivity index (χ0n) is 24.5. The highest BCUT2D eigenvalue weighted by Gasteiger charge is 2.27. The molecule has 40 heavy (non-hydrogen) atoms. The summed E-state index contributed by atoms with van der Waals surface area (Å²) >= 11 is 0. The number of hydrogen-bond acceptors (Lipinski definition) is 10. The third-order valence-electron chi connectivity index (χ3n) is 6.99. The van der Waals surface area contributed by atoms with Gasteiger partial charge in [-0.25, -0.2) is 24.7 Å². The molecule has 11 nitrogen and oxygen atoms in total. The Hall–Kier alpha value is -3.31. The highest BCUT2D eigenvalue weighted by Crippen LogP contribution is 2.21. The van der Waals surface area contributed by atoms with Gasteiger partial charge in [0.25, 0.3) is 0 Å². The Bertz CT molecular complexity index is 1240. The van der Waals surface area contributed by atoms with E-state index in [0.717, 1.165) is 56.8 Å². The molecule has 0 aliphatic carbocycles. The van der Waals surface area contributed by atoms with Crippen molar-refractivity contribution in [2.45, 2.75) is 84.0 Å². The third-order valence-corrected chi connectivity index (χ3v) is 6.99. The van der Waals surface area contributed by atoms with E-state index in [2.05, 4.69) is 54.5 Å². The van der Waals surface area contributed by atoms with E-state index >= 15 is 0 Å². The van der Waals surface area contributed by atoms with Crippen LogP contribution in [0, 0.1) is 0 Å². The van der Waals surface area contributed by atoms with Crippen molar-refractivity contribution in [1.29, 1.82) is 0 Å². The van der Waals surface area contributed by atoms with Crippen LogP contribution in [-0.4, -0.2) is 86.8 Å². The maximum Gasteiger partial charge on any atom is 0.329 e. The summed E-state index contributed by atoms with van der Waals surface area (Å²) in [6.45, 7) is 11.1. The number of carbonyl (C=O) groups is 1. The summed E-state index contributed by atoms with van der Waals surface area (Å²) < 4.78 is 11.3. The summed E-state index contributed by atoms with van der Waals surface area (Å²) in [7, 11) is 1.73. The van der Waals surface area contributed by atoms with Crippen LogP contribution in [-0.2, 0) is 27.1 Å². The second-order valence-electron chi connectivity index (χ2n) is 11.5. The van der Waals surface area contributed by atoms with Crippen molar-refractivity contribution in [3.8, 4) is 0 Å². The van der Waals surface area contributed by atoms with E-state index in [9.17, 15) is 4.79 Å². The number of methoxy groups -OCH3 is 1. The van der Waals surface area contributed by atoms with Crippen LogP contribution >= 0.6 is 0 Å². The van der Waals surface area contributed by atoms with Gasteiger partial charge in [0.15, 0.2) is 11.5 Å². The van der Waals surface area contributed by atoms with Crippen molar-refractivity contribution in [3.05, 3.63) is 36.0 Å². The number of unbranched alkanes of at least 4 members (excludes halogenated alkanes) is 1. The molecule has 0 aromatic carbocycles. The molecule has 0 radical (unpaired) electrons. The average molecular weight is 553 g/mol. The van der Waals surface area contributed by atoms with E-state index < -0.39 is 11.6 Å². The first kappa shape index (κ1) is 29.7. The molecule has 0 saturated heterocycles. The monoisotopic (exact) mass is 552 g/mol. The number of rotatable bonds is 14. The third kappa shape index (κ3) is 8.59. The SMILES string of the molecule is CO[C@H](C)CN(CCCCc1ccc2c(n1)NCCC2)CC[C@H](Nc1ncnc2nc[nH]c12)C(=O)OC(C)(C)C. The molecule has 0 bridgehead atoms. The molecule has 4 heterocycles. The Labute approximate surface area is 236 Å². The molecule has 11 heteroatoms. The number of aromatic nitrogens is 5. The summed E-state index contributed by atoms with van der Waals surface area (Å²) in [6, 6.07) is 3.79. The second-order valence-corrected chi connectivity index (χ2v) is 11.5. The lowest BCUT2D eigenvalue weighted by Crippen LogP contribution is -2.41. The summed E-state index contributed by atoms with van der Waals surface area (Å²) in [5, 5.41) is 6.72. The number of fused-ring (bicyclic) bond motifs is 2. The number of aromatic amines is 1. The van der Waals surface area contributed by atoms with Gasteiger partial charge in [-0.3, -0.25) is 0 Å². The van der Waals surface area contributed by atoms with Gasteiger partial charge in [-0.1, -0.05) is 6.07 Å². The summed E-state index contributed by atoms with van der Waals surface area (Å²) in [6.07, 6.45) is 8.90. The van der Waals surface area contributed by atoms with Gasteiger partial charge in [0.2, 0.25) is 0 Å². The van der Waals surface area contributed by atoms with Crippen LogP contribution in [0.4, 0.5) is 11.6 Å². The van der Waals surface area contributed by atoms with E-state index in [0.29, 0.717) is 29.9 Å². The molecule has 0 fully saturated rings. The number of esters is 1. The number of aryl methyl sites for hydroxylation is 2. The quantitative estimate of drug-likeness (QED) is 0.199. The number of pyridine rings is 1. The van der Waals surface area contributed by atoms with Gasteiger partial charge in [-0.05, 0) is 84.4 Å². The van der Waals surface area contributed by atoms with Gasteiger partial charge < -0.3 is 30.0 Å². The smallest absolute Gasteiger partial charge is 0.329 e. The van der Waals surface area contributed by atoms with Crippen molar-refractivity contribution < 1.29 is 14.3 Å². The molecule has 0 saturated carbocycles. The van der Waals surface area contributed by atoms with Crippen molar-refractivity contribution in [3.63, 3.8) is 0 Å². The van der Waals surface area contributed by atoms with E-state index in [1.165, 1.54) is 18.3 Å². The number of imidazole rings is 1. The zero-order chi connectivity index (χ0) is 28.5. The van der Waals surface area contributed by atoms with Crippen molar-refractivity contribution >= 4 is 28.8 Å². The van der Waals surface area contributed by atoms with Crippen LogP contribution in [0.5, 0.6) is 0 Å². The Morgan fingerprint density at radius 1 is 1.18 bits per heavy atom. The number of H-pyrrole nitrogens is 1.